The topological polar surface area (TPSA) is 141 Å². The molecule has 1 aromatic heterocycles. The Hall–Kier alpha value is -2.97. The van der Waals surface area contributed by atoms with Gasteiger partial charge in [-0.15, -0.1) is 0 Å². The van der Waals surface area contributed by atoms with E-state index in [0.717, 1.165) is 6.07 Å². The summed E-state index contributed by atoms with van der Waals surface area (Å²) in [5.41, 5.74) is 3.91. The number of nitrogens with one attached hydrogen (secondary N) is 1. The number of carbonyl (C=O) groups excluding carboxylic acids is 1. The summed E-state index contributed by atoms with van der Waals surface area (Å²) in [4.78, 5) is 47.7. The van der Waals surface area contributed by atoms with E-state index in [0.29, 0.717) is 28.5 Å². The Kier molecular flexibility index (Phi) is 2.65. The molecule has 0 bridgehead atoms. The van der Waals surface area contributed by atoms with Crippen molar-refractivity contribution in [3.63, 3.8) is 0 Å². The fourth-order valence-electron chi connectivity index (χ4n) is 2.66. The molecule has 1 radical (unpaired) electrons. The molecule has 0 aliphatic heterocycles. The highest BCUT2D eigenvalue weighted by molar-refractivity contribution is 5.92. The van der Waals surface area contributed by atoms with E-state index in [2.05, 4.69) is 4.98 Å². The molecule has 1 amide bonds. The second-order valence-electron chi connectivity index (χ2n) is 4.64. The molecule has 1 aromatic carbocycles. The van der Waals surface area contributed by atoms with E-state index in [4.69, 9.17) is 5.73 Å². The average Bonchev–Trinajstić information content (AvgIpc) is 2.88. The Balaban J connectivity index is 2.60. The van der Waals surface area contributed by atoms with Gasteiger partial charge in [0.15, 0.2) is 0 Å². The van der Waals surface area contributed by atoms with Crippen LogP contribution in [0.25, 0.3) is 11.0 Å². The molecule has 9 nitrogen and oxygen atoms in total. The number of primary amides is 1. The Morgan fingerprint density at radius 2 is 2.00 bits per heavy atom. The lowest BCUT2D eigenvalue weighted by Crippen LogP contribution is -2.42. The van der Waals surface area contributed by atoms with Crippen LogP contribution in [-0.4, -0.2) is 20.5 Å². The van der Waals surface area contributed by atoms with Crippen molar-refractivity contribution in [3.8, 4) is 0 Å². The van der Waals surface area contributed by atoms with Gasteiger partial charge < -0.3 is 10.7 Å². The first-order chi connectivity index (χ1) is 9.91. The van der Waals surface area contributed by atoms with Crippen molar-refractivity contribution >= 4 is 22.8 Å². The summed E-state index contributed by atoms with van der Waals surface area (Å²) >= 11 is 0. The molecule has 0 saturated carbocycles. The largest absolute Gasteiger partial charge is 0.351 e. The number of nitro groups is 1. The standard InChI is InChI=1S/C12H9N4O5/c13-12(19)15-9-6-3-1-2-5(6)8(16(20)21)4-7(9)14-10(17)11(15)18/h1,4H,2-3H2,(H2,13,19)(H,14,17). The number of aromatic nitrogens is 2. The Morgan fingerprint density at radius 3 is 2.62 bits per heavy atom. The van der Waals surface area contributed by atoms with Crippen molar-refractivity contribution in [3.05, 3.63) is 54.4 Å². The van der Waals surface area contributed by atoms with Gasteiger partial charge in [-0.05, 0) is 24.8 Å². The predicted molar refractivity (Wildman–Crippen MR) is 72.2 cm³/mol. The average molecular weight is 289 g/mol. The molecule has 2 aromatic rings. The van der Waals surface area contributed by atoms with Gasteiger partial charge >= 0.3 is 17.1 Å². The molecule has 0 fully saturated rings. The van der Waals surface area contributed by atoms with Crippen LogP contribution in [0.15, 0.2) is 15.7 Å². The van der Waals surface area contributed by atoms with Gasteiger partial charge in [0.1, 0.15) is 0 Å². The number of rotatable bonds is 1. The molecule has 3 N–H and O–H groups in total. The van der Waals surface area contributed by atoms with Crippen LogP contribution in [0.4, 0.5) is 10.5 Å². The third-order valence-corrected chi connectivity index (χ3v) is 3.48. The molecule has 3 rings (SSSR count). The van der Waals surface area contributed by atoms with Gasteiger partial charge in [-0.1, -0.05) is 0 Å². The number of nitrogens with zero attached hydrogens (tertiary/aromatic N) is 2. The summed E-state index contributed by atoms with van der Waals surface area (Å²) in [6.45, 7) is 0. The zero-order valence-electron chi connectivity index (χ0n) is 10.6. The number of benzene rings is 1. The second-order valence-corrected chi connectivity index (χ2v) is 4.64. The van der Waals surface area contributed by atoms with Crippen LogP contribution in [0.3, 0.4) is 0 Å². The van der Waals surface area contributed by atoms with Crippen LogP contribution in [-0.2, 0) is 12.8 Å². The summed E-state index contributed by atoms with van der Waals surface area (Å²) < 4.78 is 0.565. The lowest BCUT2D eigenvalue weighted by molar-refractivity contribution is -0.385. The highest BCUT2D eigenvalue weighted by Crippen LogP contribution is 2.34. The predicted octanol–water partition coefficient (Wildman–Crippen LogP) is -0.172. The molecule has 1 aliphatic rings. The smallest absolute Gasteiger partial charge is 0.326 e. The Bertz CT molecular complexity index is 924. The first-order valence-electron chi connectivity index (χ1n) is 6.01. The molecule has 21 heavy (non-hydrogen) atoms. The summed E-state index contributed by atoms with van der Waals surface area (Å²) in [7, 11) is 0. The van der Waals surface area contributed by atoms with Crippen LogP contribution in [0.1, 0.15) is 11.1 Å². The molecule has 1 aliphatic carbocycles. The lowest BCUT2D eigenvalue weighted by Gasteiger charge is -2.10. The number of amides is 1. The third-order valence-electron chi connectivity index (χ3n) is 3.48. The number of nitro benzene ring substituents is 1. The van der Waals surface area contributed by atoms with E-state index in [1.54, 1.807) is 6.42 Å². The van der Waals surface area contributed by atoms with Gasteiger partial charge in [0.05, 0.1) is 16.0 Å². The van der Waals surface area contributed by atoms with E-state index in [1.165, 1.54) is 0 Å². The zero-order chi connectivity index (χ0) is 15.3. The SMILES string of the molecule is NC(=O)n1c(=O)c(=O)[nH]c2cc([N+](=O)[O-])c3c(c21)C[CH]C3. The second kappa shape index (κ2) is 4.27. The molecule has 1 heterocycles. The van der Waals surface area contributed by atoms with Crippen molar-refractivity contribution < 1.29 is 9.72 Å². The minimum atomic E-state index is -1.10. The van der Waals surface area contributed by atoms with Crippen LogP contribution in [0.2, 0.25) is 0 Å². The maximum absolute atomic E-state index is 11.8. The maximum Gasteiger partial charge on any atom is 0.326 e. The minimum absolute atomic E-state index is 0.0409. The van der Waals surface area contributed by atoms with Crippen LogP contribution < -0.4 is 16.9 Å². The number of nitrogens with two attached hydrogens (primary N) is 1. The molecule has 0 atom stereocenters. The van der Waals surface area contributed by atoms with Gasteiger partial charge in [0.25, 0.3) is 5.69 Å². The Morgan fingerprint density at radius 1 is 1.33 bits per heavy atom. The summed E-state index contributed by atoms with van der Waals surface area (Å²) in [6, 6.07) is 0.0483. The fraction of sp³-hybridized carbons (Fsp3) is 0.167. The maximum atomic E-state index is 11.8. The van der Waals surface area contributed by atoms with Gasteiger partial charge in [-0.2, -0.15) is 0 Å². The van der Waals surface area contributed by atoms with E-state index < -0.39 is 22.1 Å². The first kappa shape index (κ1) is 13.0. The van der Waals surface area contributed by atoms with E-state index in [9.17, 15) is 24.5 Å². The Labute approximate surface area is 116 Å². The zero-order valence-corrected chi connectivity index (χ0v) is 10.6. The minimum Gasteiger partial charge on any atom is -0.351 e. The van der Waals surface area contributed by atoms with Crippen LogP contribution in [0.5, 0.6) is 0 Å². The van der Waals surface area contributed by atoms with Gasteiger partial charge in [-0.3, -0.25) is 19.7 Å². The van der Waals surface area contributed by atoms with Crippen molar-refractivity contribution in [1.82, 2.24) is 9.55 Å². The van der Waals surface area contributed by atoms with E-state index >= 15 is 0 Å². The van der Waals surface area contributed by atoms with E-state index in [-0.39, 0.29) is 16.7 Å². The van der Waals surface area contributed by atoms with Crippen LogP contribution in [0, 0.1) is 16.5 Å². The first-order valence-corrected chi connectivity index (χ1v) is 6.01. The lowest BCUT2D eigenvalue weighted by atomic mass is 10.1. The summed E-state index contributed by atoms with van der Waals surface area (Å²) in [5.74, 6) is 0. The molecule has 0 spiro atoms. The highest BCUT2D eigenvalue weighted by Gasteiger charge is 2.28. The number of H-pyrrole nitrogens is 1. The molecule has 0 saturated heterocycles. The summed E-state index contributed by atoms with van der Waals surface area (Å²) in [5, 5.41) is 11.1. The number of hydrogen-bond acceptors (Lipinski definition) is 5. The number of fused-ring (bicyclic) bond motifs is 3. The quantitative estimate of drug-likeness (QED) is 0.426. The van der Waals surface area contributed by atoms with Crippen molar-refractivity contribution in [1.29, 1.82) is 0 Å². The molecular formula is C12H9N4O5. The van der Waals surface area contributed by atoms with Gasteiger partial charge in [0.2, 0.25) is 0 Å². The highest BCUT2D eigenvalue weighted by atomic mass is 16.6. The van der Waals surface area contributed by atoms with E-state index in [1.807, 2.05) is 0 Å². The third kappa shape index (κ3) is 1.74. The number of hydrogen-bond donors (Lipinski definition) is 2. The summed E-state index contributed by atoms with van der Waals surface area (Å²) in [6.07, 6.45) is 2.50. The monoisotopic (exact) mass is 289 g/mol. The number of aromatic amines is 1. The van der Waals surface area contributed by atoms with Crippen molar-refractivity contribution in [2.24, 2.45) is 5.73 Å². The van der Waals surface area contributed by atoms with Gasteiger partial charge in [-0.25, -0.2) is 9.36 Å². The molecule has 0 unspecified atom stereocenters. The molecule has 107 valence electrons. The molecular weight excluding hydrogens is 280 g/mol. The number of carbonyl (C=O) groups is 1. The van der Waals surface area contributed by atoms with Crippen molar-refractivity contribution in [2.45, 2.75) is 12.8 Å². The van der Waals surface area contributed by atoms with Crippen LogP contribution >= 0.6 is 0 Å². The van der Waals surface area contributed by atoms with Crippen molar-refractivity contribution in [2.75, 3.05) is 0 Å². The normalized spacial score (nSPS) is 13.3. The fourth-order valence-corrected chi connectivity index (χ4v) is 2.66. The molecule has 9 heteroatoms. The van der Waals surface area contributed by atoms with Gasteiger partial charge in [0, 0.05) is 11.6 Å².